The largest absolute Gasteiger partial charge is 0.350 e. The molecule has 0 saturated heterocycles. The molecule has 0 saturated carbocycles. The van der Waals surface area contributed by atoms with Crippen LogP contribution in [0.25, 0.3) is 0 Å². The Morgan fingerprint density at radius 1 is 1.39 bits per heavy atom. The van der Waals surface area contributed by atoms with Crippen LogP contribution in [0.3, 0.4) is 0 Å². The SMILES string of the molecule is CC(C)(C)NC(=O)CN1C(=O)c2cc(Br)cnc2NC1c1ccc(F)c(Cl)c1. The molecule has 0 bridgehead atoms. The van der Waals surface area contributed by atoms with Crippen molar-refractivity contribution >= 4 is 45.2 Å². The molecule has 2 amide bonds. The maximum Gasteiger partial charge on any atom is 0.260 e. The van der Waals surface area contributed by atoms with E-state index in [2.05, 4.69) is 31.5 Å². The van der Waals surface area contributed by atoms with Gasteiger partial charge in [-0.1, -0.05) is 17.7 Å². The van der Waals surface area contributed by atoms with Crippen molar-refractivity contribution in [3.8, 4) is 0 Å². The Balaban J connectivity index is 2.01. The normalized spacial score (nSPS) is 16.4. The summed E-state index contributed by atoms with van der Waals surface area (Å²) < 4.78 is 14.2. The van der Waals surface area contributed by atoms with Crippen LogP contribution in [0.5, 0.6) is 0 Å². The number of rotatable bonds is 3. The van der Waals surface area contributed by atoms with Crippen molar-refractivity contribution in [2.75, 3.05) is 11.9 Å². The minimum Gasteiger partial charge on any atom is -0.350 e. The van der Waals surface area contributed by atoms with Crippen LogP contribution in [0.4, 0.5) is 10.2 Å². The fraction of sp³-hybridized carbons (Fsp3) is 0.316. The van der Waals surface area contributed by atoms with Crippen LogP contribution >= 0.6 is 27.5 Å². The summed E-state index contributed by atoms with van der Waals surface area (Å²) in [5.41, 5.74) is 0.432. The van der Waals surface area contributed by atoms with Crippen LogP contribution < -0.4 is 10.6 Å². The third-order valence-corrected chi connectivity index (χ3v) is 4.74. The van der Waals surface area contributed by atoms with E-state index in [4.69, 9.17) is 11.6 Å². The van der Waals surface area contributed by atoms with Gasteiger partial charge in [0.1, 0.15) is 24.3 Å². The summed E-state index contributed by atoms with van der Waals surface area (Å²) >= 11 is 9.23. The summed E-state index contributed by atoms with van der Waals surface area (Å²) in [4.78, 5) is 31.3. The second kappa shape index (κ2) is 7.67. The first kappa shape index (κ1) is 20.5. The molecule has 0 aliphatic carbocycles. The van der Waals surface area contributed by atoms with E-state index in [-0.39, 0.29) is 23.4 Å². The van der Waals surface area contributed by atoms with Crippen LogP contribution in [-0.4, -0.2) is 33.8 Å². The third kappa shape index (κ3) is 4.44. The lowest BCUT2D eigenvalue weighted by atomic mass is 10.1. The first-order valence-corrected chi connectivity index (χ1v) is 9.71. The number of benzene rings is 1. The van der Waals surface area contributed by atoms with Gasteiger partial charge in [0, 0.05) is 16.2 Å². The van der Waals surface area contributed by atoms with Gasteiger partial charge in [-0.15, -0.1) is 0 Å². The second-order valence-corrected chi connectivity index (χ2v) is 8.82. The van der Waals surface area contributed by atoms with Crippen LogP contribution in [-0.2, 0) is 4.79 Å². The minimum absolute atomic E-state index is 0.0691. The average molecular weight is 470 g/mol. The lowest BCUT2D eigenvalue weighted by molar-refractivity contribution is -0.123. The molecule has 2 N–H and O–H groups in total. The number of nitrogens with one attached hydrogen (secondary N) is 2. The molecule has 1 aliphatic rings. The highest BCUT2D eigenvalue weighted by Crippen LogP contribution is 2.34. The Morgan fingerprint density at radius 3 is 2.75 bits per heavy atom. The van der Waals surface area contributed by atoms with E-state index in [9.17, 15) is 14.0 Å². The fourth-order valence-corrected chi connectivity index (χ4v) is 3.44. The molecule has 6 nitrogen and oxygen atoms in total. The monoisotopic (exact) mass is 468 g/mol. The molecule has 28 heavy (non-hydrogen) atoms. The predicted octanol–water partition coefficient (Wildman–Crippen LogP) is 4.12. The number of halogens is 3. The highest BCUT2D eigenvalue weighted by molar-refractivity contribution is 9.10. The smallest absolute Gasteiger partial charge is 0.260 e. The van der Waals surface area contributed by atoms with Gasteiger partial charge in [0.25, 0.3) is 5.91 Å². The molecule has 2 aromatic rings. The number of pyridine rings is 1. The Morgan fingerprint density at radius 2 is 2.11 bits per heavy atom. The summed E-state index contributed by atoms with van der Waals surface area (Å²) in [5.74, 6) is -0.859. The predicted molar refractivity (Wildman–Crippen MR) is 109 cm³/mol. The van der Waals surface area contributed by atoms with Gasteiger partial charge in [-0.05, 0) is 60.5 Å². The van der Waals surface area contributed by atoms with Gasteiger partial charge in [0.05, 0.1) is 10.6 Å². The van der Waals surface area contributed by atoms with E-state index in [1.807, 2.05) is 20.8 Å². The lowest BCUT2D eigenvalue weighted by Gasteiger charge is -2.37. The minimum atomic E-state index is -0.725. The standard InChI is InChI=1S/C19H19BrClFN4O2/c1-19(2,3)25-15(27)9-26-17(10-4-5-14(22)13(21)6-10)24-16-12(18(26)28)7-11(20)8-23-16/h4-8,17H,9H2,1-3H3,(H,23,24)(H,25,27). The molecule has 1 aliphatic heterocycles. The van der Waals surface area contributed by atoms with Gasteiger partial charge in [0.15, 0.2) is 0 Å². The molecular weight excluding hydrogens is 451 g/mol. The molecule has 1 aromatic carbocycles. The second-order valence-electron chi connectivity index (χ2n) is 7.50. The number of hydrogen-bond donors (Lipinski definition) is 2. The Kier molecular flexibility index (Phi) is 5.63. The van der Waals surface area contributed by atoms with Gasteiger partial charge < -0.3 is 15.5 Å². The van der Waals surface area contributed by atoms with E-state index < -0.39 is 17.5 Å². The number of carbonyl (C=O) groups is 2. The van der Waals surface area contributed by atoms with E-state index >= 15 is 0 Å². The van der Waals surface area contributed by atoms with Crippen LogP contribution in [0.1, 0.15) is 42.9 Å². The maximum atomic E-state index is 13.6. The molecule has 1 aromatic heterocycles. The topological polar surface area (TPSA) is 74.3 Å². The number of hydrogen-bond acceptors (Lipinski definition) is 4. The zero-order valence-corrected chi connectivity index (χ0v) is 17.9. The van der Waals surface area contributed by atoms with Crippen molar-refractivity contribution in [3.63, 3.8) is 0 Å². The van der Waals surface area contributed by atoms with Crippen LogP contribution in [0.2, 0.25) is 5.02 Å². The number of carbonyl (C=O) groups excluding carboxylic acids is 2. The van der Waals surface area contributed by atoms with Crippen molar-refractivity contribution in [1.29, 1.82) is 0 Å². The number of anilines is 1. The highest BCUT2D eigenvalue weighted by Gasteiger charge is 2.36. The molecule has 148 valence electrons. The molecule has 2 heterocycles. The van der Waals surface area contributed by atoms with E-state index in [0.717, 1.165) is 0 Å². The van der Waals surface area contributed by atoms with Gasteiger partial charge in [-0.3, -0.25) is 9.59 Å². The number of amides is 2. The van der Waals surface area contributed by atoms with Crippen molar-refractivity contribution in [2.24, 2.45) is 0 Å². The number of nitrogens with zero attached hydrogens (tertiary/aromatic N) is 2. The Hall–Kier alpha value is -2.19. The van der Waals surface area contributed by atoms with Gasteiger partial charge in [0.2, 0.25) is 5.91 Å². The first-order chi connectivity index (χ1) is 13.0. The fourth-order valence-electron chi connectivity index (χ4n) is 2.92. The molecule has 1 atom stereocenters. The summed E-state index contributed by atoms with van der Waals surface area (Å²) in [7, 11) is 0. The lowest BCUT2D eigenvalue weighted by Crippen LogP contribution is -2.51. The van der Waals surface area contributed by atoms with Gasteiger partial charge in [-0.2, -0.15) is 0 Å². The average Bonchev–Trinajstić information content (AvgIpc) is 2.58. The Bertz CT molecular complexity index is 948. The number of aromatic nitrogens is 1. The van der Waals surface area contributed by atoms with Crippen LogP contribution in [0, 0.1) is 5.82 Å². The van der Waals surface area contributed by atoms with E-state index in [0.29, 0.717) is 21.4 Å². The summed E-state index contributed by atoms with van der Waals surface area (Å²) in [5, 5.41) is 5.92. The quantitative estimate of drug-likeness (QED) is 0.709. The Labute approximate surface area is 175 Å². The summed E-state index contributed by atoms with van der Waals surface area (Å²) in [6, 6.07) is 5.81. The highest BCUT2D eigenvalue weighted by atomic mass is 79.9. The molecule has 0 spiro atoms. The molecular formula is C19H19BrClFN4O2. The van der Waals surface area contributed by atoms with Crippen molar-refractivity contribution in [2.45, 2.75) is 32.5 Å². The molecule has 9 heteroatoms. The van der Waals surface area contributed by atoms with E-state index in [1.165, 1.54) is 23.1 Å². The van der Waals surface area contributed by atoms with Crippen LogP contribution in [0.15, 0.2) is 34.9 Å². The van der Waals surface area contributed by atoms with Gasteiger partial charge >= 0.3 is 0 Å². The molecule has 1 unspecified atom stereocenters. The molecule has 0 fully saturated rings. The molecule has 3 rings (SSSR count). The number of fused-ring (bicyclic) bond motifs is 1. The third-order valence-electron chi connectivity index (χ3n) is 4.02. The van der Waals surface area contributed by atoms with Crippen molar-refractivity contribution in [1.82, 2.24) is 15.2 Å². The van der Waals surface area contributed by atoms with Crippen molar-refractivity contribution in [3.05, 3.63) is 56.9 Å². The zero-order valence-electron chi connectivity index (χ0n) is 15.5. The first-order valence-electron chi connectivity index (χ1n) is 8.54. The summed E-state index contributed by atoms with van der Waals surface area (Å²) in [6.07, 6.45) is 0.841. The van der Waals surface area contributed by atoms with Gasteiger partial charge in [-0.25, -0.2) is 9.37 Å². The summed E-state index contributed by atoms with van der Waals surface area (Å²) in [6.45, 7) is 5.38. The van der Waals surface area contributed by atoms with Crippen molar-refractivity contribution < 1.29 is 14.0 Å². The molecule has 0 radical (unpaired) electrons. The zero-order chi connectivity index (χ0) is 20.6. The van der Waals surface area contributed by atoms with E-state index in [1.54, 1.807) is 12.3 Å². The maximum absolute atomic E-state index is 13.6.